The second kappa shape index (κ2) is 4.06. The molecule has 3 aliphatic rings. The van der Waals surface area contributed by atoms with Crippen molar-refractivity contribution in [1.82, 2.24) is 4.90 Å². The van der Waals surface area contributed by atoms with Gasteiger partial charge in [-0.2, -0.15) is 0 Å². The fraction of sp³-hybridized carbons (Fsp3) is 0.500. The number of ether oxygens (including phenoxy) is 1. The highest BCUT2D eigenvalue weighted by Gasteiger charge is 2.67. The first-order valence-corrected chi connectivity index (χ1v) is 7.85. The number of rotatable bonds is 2. The van der Waals surface area contributed by atoms with Gasteiger partial charge in [-0.1, -0.05) is 38.1 Å². The summed E-state index contributed by atoms with van der Waals surface area (Å²) in [5, 5.41) is 0. The topological polar surface area (TPSA) is 32.8 Å². The van der Waals surface area contributed by atoms with Gasteiger partial charge in [0.1, 0.15) is 12.8 Å². The number of carbonyl (C=O) groups excluding carboxylic acids is 1. The number of amides is 1. The van der Waals surface area contributed by atoms with E-state index in [9.17, 15) is 4.79 Å². The number of fused-ring (bicyclic) bond motifs is 5. The summed E-state index contributed by atoms with van der Waals surface area (Å²) in [6.07, 6.45) is 2.78. The molecule has 3 heterocycles. The summed E-state index contributed by atoms with van der Waals surface area (Å²) in [6, 6.07) is 8.67. The molecule has 4 rings (SSSR count). The Kier molecular flexibility index (Phi) is 2.52. The molecule has 1 aromatic carbocycles. The maximum absolute atomic E-state index is 12.3. The third-order valence-electron chi connectivity index (χ3n) is 6.06. The van der Waals surface area contributed by atoms with Gasteiger partial charge in [-0.25, -0.2) is 4.79 Å². The van der Waals surface area contributed by atoms with E-state index in [1.807, 2.05) is 11.0 Å². The molecule has 4 heteroatoms. The number of benzene rings is 1. The lowest BCUT2D eigenvalue weighted by Crippen LogP contribution is -2.54. The molecule has 2 saturated heterocycles. The first-order chi connectivity index (χ1) is 10.4. The Morgan fingerprint density at radius 3 is 2.86 bits per heavy atom. The molecule has 0 unspecified atom stereocenters. The van der Waals surface area contributed by atoms with E-state index < -0.39 is 0 Å². The van der Waals surface area contributed by atoms with Gasteiger partial charge >= 0.3 is 6.09 Å². The maximum atomic E-state index is 12.3. The molecule has 3 atom stereocenters. The highest BCUT2D eigenvalue weighted by molar-refractivity contribution is 5.76. The zero-order valence-electron chi connectivity index (χ0n) is 13.4. The van der Waals surface area contributed by atoms with E-state index in [0.717, 1.165) is 6.42 Å². The Morgan fingerprint density at radius 2 is 2.14 bits per heavy atom. The van der Waals surface area contributed by atoms with Crippen molar-refractivity contribution in [2.75, 3.05) is 18.6 Å². The monoisotopic (exact) mass is 298 g/mol. The molecule has 22 heavy (non-hydrogen) atoms. The van der Waals surface area contributed by atoms with Crippen LogP contribution in [0, 0.1) is 5.41 Å². The number of nitrogens with zero attached hydrogens (tertiary/aromatic N) is 2. The fourth-order valence-corrected chi connectivity index (χ4v) is 4.82. The molecule has 0 aliphatic carbocycles. The van der Waals surface area contributed by atoms with Crippen LogP contribution < -0.4 is 4.90 Å². The minimum atomic E-state index is -0.184. The normalized spacial score (nSPS) is 32.6. The molecule has 0 spiro atoms. The van der Waals surface area contributed by atoms with Crippen LogP contribution in [0.25, 0.3) is 0 Å². The second-order valence-electron chi connectivity index (χ2n) is 7.24. The van der Waals surface area contributed by atoms with Crippen molar-refractivity contribution in [3.8, 4) is 0 Å². The number of anilines is 1. The van der Waals surface area contributed by atoms with Crippen molar-refractivity contribution in [1.29, 1.82) is 0 Å². The Morgan fingerprint density at radius 1 is 1.41 bits per heavy atom. The van der Waals surface area contributed by atoms with Crippen molar-refractivity contribution in [3.05, 3.63) is 42.5 Å². The zero-order valence-corrected chi connectivity index (χ0v) is 13.4. The molecular formula is C18H22N2O2. The SMILES string of the molecule is C=CC(C)(C)[C@@]12C[C@H]3COC(=O)N3[C@@H]1N(C)c1ccccc12. The lowest BCUT2D eigenvalue weighted by Gasteiger charge is -2.44. The van der Waals surface area contributed by atoms with Crippen LogP contribution >= 0.6 is 0 Å². The molecule has 0 bridgehead atoms. The summed E-state index contributed by atoms with van der Waals surface area (Å²) in [5.41, 5.74) is 2.28. The average Bonchev–Trinajstić information content (AvgIpc) is 3.11. The minimum absolute atomic E-state index is 0.00194. The van der Waals surface area contributed by atoms with Crippen LogP contribution in [0.3, 0.4) is 0 Å². The quantitative estimate of drug-likeness (QED) is 0.786. The number of hydrogen-bond acceptors (Lipinski definition) is 3. The summed E-state index contributed by atoms with van der Waals surface area (Å²) in [4.78, 5) is 16.5. The van der Waals surface area contributed by atoms with Crippen LogP contribution in [0.2, 0.25) is 0 Å². The number of carbonyl (C=O) groups is 1. The van der Waals surface area contributed by atoms with Gasteiger partial charge in [-0.15, -0.1) is 6.58 Å². The minimum Gasteiger partial charge on any atom is -0.447 e. The van der Waals surface area contributed by atoms with Crippen LogP contribution in [0.15, 0.2) is 36.9 Å². The summed E-state index contributed by atoms with van der Waals surface area (Å²) in [5.74, 6) is 0. The number of hydrogen-bond donors (Lipinski definition) is 0. The summed E-state index contributed by atoms with van der Waals surface area (Å²) < 4.78 is 5.30. The van der Waals surface area contributed by atoms with E-state index in [2.05, 4.69) is 56.6 Å². The number of likely N-dealkylation sites (N-methyl/N-ethyl adjacent to an activating group) is 1. The van der Waals surface area contributed by atoms with Crippen LogP contribution in [-0.2, 0) is 10.2 Å². The molecule has 0 saturated carbocycles. The van der Waals surface area contributed by atoms with Crippen LogP contribution in [0.4, 0.5) is 10.5 Å². The second-order valence-corrected chi connectivity index (χ2v) is 7.24. The lowest BCUT2D eigenvalue weighted by molar-refractivity contribution is 0.119. The highest BCUT2D eigenvalue weighted by atomic mass is 16.6. The molecule has 2 fully saturated rings. The zero-order chi connectivity index (χ0) is 15.7. The van der Waals surface area contributed by atoms with Gasteiger partial charge in [0.05, 0.1) is 6.04 Å². The molecule has 3 aliphatic heterocycles. The summed E-state index contributed by atoms with van der Waals surface area (Å²) in [6.45, 7) is 9.06. The molecule has 116 valence electrons. The van der Waals surface area contributed by atoms with E-state index in [0.29, 0.717) is 6.61 Å². The van der Waals surface area contributed by atoms with E-state index in [1.54, 1.807) is 0 Å². The van der Waals surface area contributed by atoms with Crippen molar-refractivity contribution in [2.24, 2.45) is 5.41 Å². The molecule has 0 radical (unpaired) electrons. The predicted molar refractivity (Wildman–Crippen MR) is 85.9 cm³/mol. The number of para-hydroxylation sites is 1. The van der Waals surface area contributed by atoms with Gasteiger partial charge < -0.3 is 9.64 Å². The van der Waals surface area contributed by atoms with Crippen LogP contribution in [0.1, 0.15) is 25.8 Å². The van der Waals surface area contributed by atoms with E-state index in [-0.39, 0.29) is 29.1 Å². The molecule has 1 amide bonds. The van der Waals surface area contributed by atoms with Crippen LogP contribution in [-0.4, -0.2) is 36.9 Å². The predicted octanol–water partition coefficient (Wildman–Crippen LogP) is 3.14. The number of allylic oxidation sites excluding steroid dienone is 1. The van der Waals surface area contributed by atoms with Gasteiger partial charge in [-0.3, -0.25) is 4.90 Å². The third-order valence-corrected chi connectivity index (χ3v) is 6.06. The van der Waals surface area contributed by atoms with E-state index in [1.165, 1.54) is 11.3 Å². The van der Waals surface area contributed by atoms with Gasteiger partial charge in [-0.05, 0) is 23.5 Å². The van der Waals surface area contributed by atoms with E-state index in [4.69, 9.17) is 4.74 Å². The molecule has 1 aromatic rings. The first kappa shape index (κ1) is 13.7. The summed E-state index contributed by atoms with van der Waals surface area (Å²) in [7, 11) is 2.08. The smallest absolute Gasteiger partial charge is 0.411 e. The Bertz CT molecular complexity index is 669. The molecule has 4 nitrogen and oxygen atoms in total. The fourth-order valence-electron chi connectivity index (χ4n) is 4.82. The third kappa shape index (κ3) is 1.32. The standard InChI is InChI=1S/C18H22N2O2/c1-5-17(2,3)18-10-12-11-22-16(21)20(12)15(18)19(4)14-9-7-6-8-13(14)18/h5-9,12,15H,1,10-11H2,2-4H3/t12-,15-,18+/m0/s1. The van der Waals surface area contributed by atoms with Crippen molar-refractivity contribution in [2.45, 2.75) is 37.9 Å². The van der Waals surface area contributed by atoms with Gasteiger partial charge in [0.15, 0.2) is 0 Å². The molecular weight excluding hydrogens is 276 g/mol. The Hall–Kier alpha value is -1.97. The Labute approximate surface area is 131 Å². The van der Waals surface area contributed by atoms with Gasteiger partial charge in [0, 0.05) is 18.2 Å². The highest BCUT2D eigenvalue weighted by Crippen LogP contribution is 2.62. The Balaban J connectivity index is 1.98. The average molecular weight is 298 g/mol. The van der Waals surface area contributed by atoms with E-state index >= 15 is 0 Å². The van der Waals surface area contributed by atoms with Crippen molar-refractivity contribution >= 4 is 11.8 Å². The molecule has 0 N–H and O–H groups in total. The largest absolute Gasteiger partial charge is 0.447 e. The van der Waals surface area contributed by atoms with Crippen molar-refractivity contribution < 1.29 is 9.53 Å². The molecule has 0 aromatic heterocycles. The number of cyclic esters (lactones) is 1. The lowest BCUT2D eigenvalue weighted by atomic mass is 9.60. The van der Waals surface area contributed by atoms with Gasteiger partial charge in [0.2, 0.25) is 0 Å². The van der Waals surface area contributed by atoms with Crippen molar-refractivity contribution in [3.63, 3.8) is 0 Å². The van der Waals surface area contributed by atoms with Gasteiger partial charge in [0.25, 0.3) is 0 Å². The van der Waals surface area contributed by atoms with Crippen LogP contribution in [0.5, 0.6) is 0 Å². The first-order valence-electron chi connectivity index (χ1n) is 7.85. The summed E-state index contributed by atoms with van der Waals surface area (Å²) >= 11 is 0. The maximum Gasteiger partial charge on any atom is 0.411 e.